The van der Waals surface area contributed by atoms with E-state index in [0.717, 1.165) is 31.5 Å². The maximum Gasteiger partial charge on any atom is 0.266 e. The maximum atomic E-state index is 10.7. The molecule has 2 aromatic rings. The fourth-order valence-electron chi connectivity index (χ4n) is 3.17. The van der Waals surface area contributed by atoms with Crippen molar-refractivity contribution in [3.63, 3.8) is 0 Å². The van der Waals surface area contributed by atoms with Crippen LogP contribution in [0, 0.1) is 0 Å². The monoisotopic (exact) mass is 316 g/mol. The summed E-state index contributed by atoms with van der Waals surface area (Å²) in [5.74, 6) is 1.14. The zero-order valence-electron chi connectivity index (χ0n) is 13.8. The second-order valence-electron chi connectivity index (χ2n) is 6.57. The van der Waals surface area contributed by atoms with Crippen LogP contribution in [0.3, 0.4) is 0 Å². The quantitative estimate of drug-likeness (QED) is 0.931. The predicted octanol–water partition coefficient (Wildman–Crippen LogP) is 2.02. The van der Waals surface area contributed by atoms with Crippen LogP contribution < -0.4 is 4.90 Å². The minimum Gasteiger partial charge on any atom is -0.388 e. The van der Waals surface area contributed by atoms with Crippen LogP contribution in [0.4, 0.5) is 5.95 Å². The molecular weight excluding hydrogens is 292 g/mol. The van der Waals surface area contributed by atoms with Gasteiger partial charge in [0.1, 0.15) is 0 Å². The molecule has 1 saturated heterocycles. The van der Waals surface area contributed by atoms with Crippen LogP contribution in [-0.2, 0) is 0 Å². The zero-order valence-corrected chi connectivity index (χ0v) is 13.8. The van der Waals surface area contributed by atoms with Crippen molar-refractivity contribution in [1.29, 1.82) is 0 Å². The molecule has 0 saturated carbocycles. The molecule has 3 rings (SSSR count). The fourth-order valence-corrected chi connectivity index (χ4v) is 3.17. The summed E-state index contributed by atoms with van der Waals surface area (Å²) in [5.41, 5.74) is 0.287. The number of hydrogen-bond acceptors (Lipinski definition) is 6. The predicted molar refractivity (Wildman–Crippen MR) is 89.3 cm³/mol. The standard InChI is InChI=1S/C17H24N4O2/c1-20(2)13-17(22)9-6-11-21(12-10-17)16-18-15(23-19-16)14-7-4-3-5-8-14/h3-5,7-8,22H,6,9-13H2,1-2H3. The van der Waals surface area contributed by atoms with Gasteiger partial charge in [0.25, 0.3) is 11.8 Å². The van der Waals surface area contributed by atoms with Crippen molar-refractivity contribution in [3.05, 3.63) is 30.3 Å². The van der Waals surface area contributed by atoms with Crippen LogP contribution >= 0.6 is 0 Å². The van der Waals surface area contributed by atoms with Crippen LogP contribution in [0.5, 0.6) is 0 Å². The van der Waals surface area contributed by atoms with Gasteiger partial charge in [-0.05, 0) is 50.6 Å². The molecule has 1 fully saturated rings. The van der Waals surface area contributed by atoms with Crippen LogP contribution in [0.2, 0.25) is 0 Å². The maximum absolute atomic E-state index is 10.7. The molecule has 0 amide bonds. The van der Waals surface area contributed by atoms with Gasteiger partial charge in [-0.15, -0.1) is 0 Å². The van der Waals surface area contributed by atoms with Crippen molar-refractivity contribution >= 4 is 5.95 Å². The van der Waals surface area contributed by atoms with Gasteiger partial charge in [-0.2, -0.15) is 4.98 Å². The molecule has 1 aliphatic heterocycles. The topological polar surface area (TPSA) is 65.6 Å². The van der Waals surface area contributed by atoms with E-state index >= 15 is 0 Å². The number of nitrogens with zero attached hydrogens (tertiary/aromatic N) is 4. The lowest BCUT2D eigenvalue weighted by molar-refractivity contribution is 0.00536. The fraction of sp³-hybridized carbons (Fsp3) is 0.529. The molecule has 1 aromatic carbocycles. The number of aromatic nitrogens is 2. The van der Waals surface area contributed by atoms with Crippen molar-refractivity contribution in [2.45, 2.75) is 24.9 Å². The van der Waals surface area contributed by atoms with Crippen molar-refractivity contribution in [2.24, 2.45) is 0 Å². The molecule has 23 heavy (non-hydrogen) atoms. The van der Waals surface area contributed by atoms with Gasteiger partial charge in [-0.25, -0.2) is 0 Å². The number of aliphatic hydroxyl groups is 1. The van der Waals surface area contributed by atoms with Crippen LogP contribution in [0.25, 0.3) is 11.5 Å². The molecule has 1 atom stereocenters. The Morgan fingerprint density at radius 1 is 1.22 bits per heavy atom. The number of anilines is 1. The van der Waals surface area contributed by atoms with E-state index in [1.807, 2.05) is 49.3 Å². The number of benzene rings is 1. The molecular formula is C17H24N4O2. The Morgan fingerprint density at radius 3 is 2.74 bits per heavy atom. The summed E-state index contributed by atoms with van der Waals surface area (Å²) >= 11 is 0. The molecule has 124 valence electrons. The highest BCUT2D eigenvalue weighted by molar-refractivity contribution is 5.54. The van der Waals surface area contributed by atoms with Gasteiger partial charge < -0.3 is 19.4 Å². The van der Waals surface area contributed by atoms with E-state index in [1.165, 1.54) is 0 Å². The lowest BCUT2D eigenvalue weighted by Crippen LogP contribution is -2.41. The van der Waals surface area contributed by atoms with Crippen LogP contribution in [-0.4, -0.2) is 59.5 Å². The van der Waals surface area contributed by atoms with Gasteiger partial charge in [-0.1, -0.05) is 18.2 Å². The van der Waals surface area contributed by atoms with Crippen molar-refractivity contribution < 1.29 is 9.63 Å². The normalized spacial score (nSPS) is 22.3. The lowest BCUT2D eigenvalue weighted by atomic mass is 9.94. The molecule has 0 spiro atoms. The van der Waals surface area contributed by atoms with E-state index in [0.29, 0.717) is 24.8 Å². The molecule has 1 unspecified atom stereocenters. The minimum absolute atomic E-state index is 0.536. The third-order valence-corrected chi connectivity index (χ3v) is 4.25. The highest BCUT2D eigenvalue weighted by Crippen LogP contribution is 2.26. The Hall–Kier alpha value is -1.92. The molecule has 1 aromatic heterocycles. The summed E-state index contributed by atoms with van der Waals surface area (Å²) in [6.45, 7) is 2.25. The Balaban J connectivity index is 1.70. The van der Waals surface area contributed by atoms with Crippen molar-refractivity contribution in [2.75, 3.05) is 38.6 Å². The van der Waals surface area contributed by atoms with E-state index in [2.05, 4.69) is 15.0 Å². The smallest absolute Gasteiger partial charge is 0.266 e. The minimum atomic E-state index is -0.635. The van der Waals surface area contributed by atoms with Gasteiger partial charge in [-0.3, -0.25) is 0 Å². The molecule has 0 radical (unpaired) electrons. The van der Waals surface area contributed by atoms with Gasteiger partial charge in [0.05, 0.1) is 5.60 Å². The van der Waals surface area contributed by atoms with Gasteiger partial charge in [0.15, 0.2) is 0 Å². The van der Waals surface area contributed by atoms with E-state index in [4.69, 9.17) is 4.52 Å². The van der Waals surface area contributed by atoms with E-state index in [-0.39, 0.29) is 0 Å². The molecule has 6 heteroatoms. The van der Waals surface area contributed by atoms with Gasteiger partial charge in [0, 0.05) is 25.2 Å². The van der Waals surface area contributed by atoms with Crippen molar-refractivity contribution in [3.8, 4) is 11.5 Å². The molecule has 1 aliphatic rings. The Kier molecular flexibility index (Phi) is 4.63. The number of hydrogen-bond donors (Lipinski definition) is 1. The summed E-state index contributed by atoms with van der Waals surface area (Å²) in [7, 11) is 3.98. The van der Waals surface area contributed by atoms with Crippen molar-refractivity contribution in [1.82, 2.24) is 15.0 Å². The third-order valence-electron chi connectivity index (χ3n) is 4.25. The summed E-state index contributed by atoms with van der Waals surface area (Å²) in [5, 5.41) is 14.9. The molecule has 0 aliphatic carbocycles. The van der Waals surface area contributed by atoms with E-state index < -0.39 is 5.60 Å². The van der Waals surface area contributed by atoms with Crippen LogP contribution in [0.15, 0.2) is 34.9 Å². The summed E-state index contributed by atoms with van der Waals surface area (Å²) < 4.78 is 5.39. The number of rotatable bonds is 4. The van der Waals surface area contributed by atoms with Crippen LogP contribution in [0.1, 0.15) is 19.3 Å². The average Bonchev–Trinajstić information content (AvgIpc) is 2.93. The molecule has 6 nitrogen and oxygen atoms in total. The Labute approximate surface area is 136 Å². The highest BCUT2D eigenvalue weighted by atomic mass is 16.5. The third kappa shape index (κ3) is 3.89. The number of likely N-dealkylation sites (N-methyl/N-ethyl adjacent to an activating group) is 1. The average molecular weight is 316 g/mol. The summed E-state index contributed by atoms with van der Waals surface area (Å²) in [6.07, 6.45) is 2.42. The lowest BCUT2D eigenvalue weighted by Gasteiger charge is -2.29. The first-order chi connectivity index (χ1) is 11.1. The second kappa shape index (κ2) is 6.68. The Morgan fingerprint density at radius 2 is 2.00 bits per heavy atom. The summed E-state index contributed by atoms with van der Waals surface area (Å²) in [4.78, 5) is 8.65. The van der Waals surface area contributed by atoms with Gasteiger partial charge >= 0.3 is 0 Å². The molecule has 0 bridgehead atoms. The first-order valence-electron chi connectivity index (χ1n) is 8.07. The first kappa shape index (κ1) is 16.0. The van der Waals surface area contributed by atoms with E-state index in [1.54, 1.807) is 0 Å². The zero-order chi connectivity index (χ0) is 16.3. The first-order valence-corrected chi connectivity index (χ1v) is 8.07. The SMILES string of the molecule is CN(C)CC1(O)CCCN(c2noc(-c3ccccc3)n2)CC1. The second-order valence-corrected chi connectivity index (χ2v) is 6.57. The summed E-state index contributed by atoms with van der Waals surface area (Å²) in [6, 6.07) is 9.77. The molecule has 2 heterocycles. The van der Waals surface area contributed by atoms with Gasteiger partial charge in [0.2, 0.25) is 0 Å². The molecule has 1 N–H and O–H groups in total. The largest absolute Gasteiger partial charge is 0.388 e. The van der Waals surface area contributed by atoms with E-state index in [9.17, 15) is 5.11 Å². The Bertz CT molecular complexity index is 629. The highest BCUT2D eigenvalue weighted by Gasteiger charge is 2.31.